The standard InChI is InChI=1S/C20H21NO4/c1-4-15-13(2)21-17-11-19(18(23-3)10-16(17)20(15)22)25-12-24-14-8-6-5-7-9-14/h5-11H,4,12H2,1-3H3,(H,21,22). The highest BCUT2D eigenvalue weighted by Gasteiger charge is 2.13. The molecule has 0 amide bonds. The van der Waals surface area contributed by atoms with E-state index in [4.69, 9.17) is 14.2 Å². The fourth-order valence-electron chi connectivity index (χ4n) is 2.84. The van der Waals surface area contributed by atoms with E-state index in [0.29, 0.717) is 23.3 Å². The quantitative estimate of drug-likeness (QED) is 0.694. The van der Waals surface area contributed by atoms with Gasteiger partial charge in [0, 0.05) is 22.7 Å². The van der Waals surface area contributed by atoms with Gasteiger partial charge in [-0.15, -0.1) is 0 Å². The van der Waals surface area contributed by atoms with Gasteiger partial charge in [0.25, 0.3) is 0 Å². The molecule has 0 saturated carbocycles. The molecule has 0 saturated heterocycles. The third kappa shape index (κ3) is 3.45. The van der Waals surface area contributed by atoms with Gasteiger partial charge in [0.15, 0.2) is 16.9 Å². The predicted octanol–water partition coefficient (Wildman–Crippen LogP) is 3.82. The van der Waals surface area contributed by atoms with Crippen LogP contribution in [0.15, 0.2) is 47.3 Å². The molecule has 0 aliphatic carbocycles. The molecule has 1 aromatic heterocycles. The van der Waals surface area contributed by atoms with Crippen LogP contribution in [-0.2, 0) is 6.42 Å². The number of fused-ring (bicyclic) bond motifs is 1. The zero-order valence-corrected chi connectivity index (χ0v) is 14.6. The Balaban J connectivity index is 1.91. The summed E-state index contributed by atoms with van der Waals surface area (Å²) in [5, 5.41) is 0.593. The number of ether oxygens (including phenoxy) is 3. The highest BCUT2D eigenvalue weighted by Crippen LogP contribution is 2.31. The Hall–Kier alpha value is -2.95. The molecule has 1 N–H and O–H groups in total. The smallest absolute Gasteiger partial charge is 0.231 e. The molecule has 5 heteroatoms. The summed E-state index contributed by atoms with van der Waals surface area (Å²) in [6.45, 7) is 3.92. The van der Waals surface area contributed by atoms with Crippen molar-refractivity contribution in [3.63, 3.8) is 0 Å². The van der Waals surface area contributed by atoms with Crippen molar-refractivity contribution >= 4 is 10.9 Å². The van der Waals surface area contributed by atoms with Crippen LogP contribution in [0.25, 0.3) is 10.9 Å². The molecular weight excluding hydrogens is 318 g/mol. The second-order valence-corrected chi connectivity index (χ2v) is 5.68. The van der Waals surface area contributed by atoms with Crippen LogP contribution in [0.2, 0.25) is 0 Å². The first-order chi connectivity index (χ1) is 12.1. The molecule has 0 atom stereocenters. The molecule has 130 valence electrons. The number of rotatable bonds is 6. The fourth-order valence-corrected chi connectivity index (χ4v) is 2.84. The van der Waals surface area contributed by atoms with Crippen LogP contribution in [-0.4, -0.2) is 18.9 Å². The number of para-hydroxylation sites is 1. The Morgan fingerprint density at radius 1 is 1.04 bits per heavy atom. The molecule has 0 spiro atoms. The Morgan fingerprint density at radius 2 is 1.80 bits per heavy atom. The monoisotopic (exact) mass is 339 g/mol. The van der Waals surface area contributed by atoms with Crippen LogP contribution in [0.1, 0.15) is 18.2 Å². The van der Waals surface area contributed by atoms with Gasteiger partial charge in [0.2, 0.25) is 6.79 Å². The first-order valence-corrected chi connectivity index (χ1v) is 8.18. The maximum Gasteiger partial charge on any atom is 0.231 e. The van der Waals surface area contributed by atoms with Gasteiger partial charge in [-0.2, -0.15) is 0 Å². The molecule has 25 heavy (non-hydrogen) atoms. The summed E-state index contributed by atoms with van der Waals surface area (Å²) in [6.07, 6.45) is 0.683. The number of pyridine rings is 1. The van der Waals surface area contributed by atoms with E-state index in [2.05, 4.69) is 4.98 Å². The average molecular weight is 339 g/mol. The minimum atomic E-state index is 0.0270. The Labute approximate surface area is 146 Å². The second-order valence-electron chi connectivity index (χ2n) is 5.68. The van der Waals surface area contributed by atoms with Crippen LogP contribution < -0.4 is 19.6 Å². The summed E-state index contributed by atoms with van der Waals surface area (Å²) in [5.41, 5.74) is 2.40. The number of methoxy groups -OCH3 is 1. The highest BCUT2D eigenvalue weighted by molar-refractivity contribution is 5.83. The number of hydrogen-bond donors (Lipinski definition) is 1. The summed E-state index contributed by atoms with van der Waals surface area (Å²) in [4.78, 5) is 15.9. The minimum absolute atomic E-state index is 0.0270. The number of nitrogens with one attached hydrogen (secondary N) is 1. The summed E-state index contributed by atoms with van der Waals surface area (Å²) in [6, 6.07) is 12.9. The topological polar surface area (TPSA) is 60.6 Å². The summed E-state index contributed by atoms with van der Waals surface area (Å²) < 4.78 is 16.6. The van der Waals surface area contributed by atoms with Crippen molar-refractivity contribution < 1.29 is 14.2 Å². The molecule has 0 unspecified atom stereocenters. The molecular formula is C20H21NO4. The van der Waals surface area contributed by atoms with Gasteiger partial charge < -0.3 is 19.2 Å². The first kappa shape index (κ1) is 16.9. The molecule has 1 heterocycles. The minimum Gasteiger partial charge on any atom is -0.493 e. The van der Waals surface area contributed by atoms with Gasteiger partial charge in [-0.1, -0.05) is 25.1 Å². The largest absolute Gasteiger partial charge is 0.493 e. The normalized spacial score (nSPS) is 10.7. The average Bonchev–Trinajstić information content (AvgIpc) is 2.62. The highest BCUT2D eigenvalue weighted by atomic mass is 16.7. The molecule has 0 bridgehead atoms. The molecule has 3 aromatic rings. The molecule has 2 aromatic carbocycles. The van der Waals surface area contributed by atoms with Crippen LogP contribution in [0.5, 0.6) is 17.2 Å². The number of aromatic nitrogens is 1. The zero-order chi connectivity index (χ0) is 17.8. The van der Waals surface area contributed by atoms with Gasteiger partial charge >= 0.3 is 0 Å². The van der Waals surface area contributed by atoms with Crippen molar-refractivity contribution in [1.82, 2.24) is 4.98 Å². The lowest BCUT2D eigenvalue weighted by Crippen LogP contribution is -2.13. The van der Waals surface area contributed by atoms with E-state index in [-0.39, 0.29) is 12.2 Å². The predicted molar refractivity (Wildman–Crippen MR) is 97.8 cm³/mol. The van der Waals surface area contributed by atoms with Crippen molar-refractivity contribution in [2.75, 3.05) is 13.9 Å². The van der Waals surface area contributed by atoms with Crippen molar-refractivity contribution in [2.45, 2.75) is 20.3 Å². The Kier molecular flexibility index (Phi) is 4.93. The maximum absolute atomic E-state index is 12.6. The van der Waals surface area contributed by atoms with Gasteiger partial charge in [0.05, 0.1) is 12.6 Å². The summed E-state index contributed by atoms with van der Waals surface area (Å²) in [7, 11) is 1.55. The lowest BCUT2D eigenvalue weighted by molar-refractivity contribution is 0.116. The molecule has 5 nitrogen and oxygen atoms in total. The van der Waals surface area contributed by atoms with Crippen molar-refractivity contribution in [1.29, 1.82) is 0 Å². The second kappa shape index (κ2) is 7.30. The number of benzene rings is 2. The van der Waals surface area contributed by atoms with E-state index >= 15 is 0 Å². The Bertz CT molecular complexity index is 932. The Morgan fingerprint density at radius 3 is 2.48 bits per heavy atom. The van der Waals surface area contributed by atoms with Gasteiger partial charge in [-0.25, -0.2) is 0 Å². The lowest BCUT2D eigenvalue weighted by atomic mass is 10.1. The van der Waals surface area contributed by atoms with E-state index in [1.807, 2.05) is 44.2 Å². The van der Waals surface area contributed by atoms with Crippen LogP contribution in [0, 0.1) is 6.92 Å². The summed E-state index contributed by atoms with van der Waals surface area (Å²) >= 11 is 0. The molecule has 0 aliphatic rings. The number of aryl methyl sites for hydroxylation is 1. The van der Waals surface area contributed by atoms with Crippen molar-refractivity contribution in [3.8, 4) is 17.2 Å². The third-order valence-electron chi connectivity index (χ3n) is 4.13. The van der Waals surface area contributed by atoms with E-state index in [9.17, 15) is 4.79 Å². The summed E-state index contributed by atoms with van der Waals surface area (Å²) in [5.74, 6) is 1.74. The van der Waals surface area contributed by atoms with E-state index < -0.39 is 0 Å². The SMILES string of the molecule is CCc1c(C)[nH]c2cc(OCOc3ccccc3)c(OC)cc2c1=O. The van der Waals surface area contributed by atoms with Crippen molar-refractivity contribution in [2.24, 2.45) is 0 Å². The first-order valence-electron chi connectivity index (χ1n) is 8.18. The lowest BCUT2D eigenvalue weighted by Gasteiger charge is -2.14. The fraction of sp³-hybridized carbons (Fsp3) is 0.250. The van der Waals surface area contributed by atoms with Crippen molar-refractivity contribution in [3.05, 3.63) is 63.9 Å². The van der Waals surface area contributed by atoms with E-state index in [1.165, 1.54) is 0 Å². The molecule has 0 fully saturated rings. The third-order valence-corrected chi connectivity index (χ3v) is 4.13. The van der Waals surface area contributed by atoms with Gasteiger partial charge in [0.1, 0.15) is 5.75 Å². The van der Waals surface area contributed by atoms with Crippen LogP contribution >= 0.6 is 0 Å². The molecule has 3 rings (SSSR count). The van der Waals surface area contributed by atoms with Gasteiger partial charge in [-0.3, -0.25) is 4.79 Å². The number of H-pyrrole nitrogens is 1. The molecule has 0 aliphatic heterocycles. The number of aromatic amines is 1. The van der Waals surface area contributed by atoms with Gasteiger partial charge in [-0.05, 0) is 31.5 Å². The van der Waals surface area contributed by atoms with Crippen LogP contribution in [0.4, 0.5) is 0 Å². The van der Waals surface area contributed by atoms with E-state index in [0.717, 1.165) is 22.5 Å². The number of hydrogen-bond acceptors (Lipinski definition) is 4. The zero-order valence-electron chi connectivity index (χ0n) is 14.6. The van der Waals surface area contributed by atoms with E-state index in [1.54, 1.807) is 19.2 Å². The van der Waals surface area contributed by atoms with Crippen LogP contribution in [0.3, 0.4) is 0 Å². The molecule has 0 radical (unpaired) electrons. The maximum atomic E-state index is 12.6.